The first-order valence-corrected chi connectivity index (χ1v) is 6.59. The zero-order valence-corrected chi connectivity index (χ0v) is 11.2. The highest BCUT2D eigenvalue weighted by Crippen LogP contribution is 2.47. The number of hydrogen-bond acceptors (Lipinski definition) is 2. The van der Waals surface area contributed by atoms with E-state index in [4.69, 9.17) is 10.5 Å². The summed E-state index contributed by atoms with van der Waals surface area (Å²) in [6, 6.07) is 6.23. The van der Waals surface area contributed by atoms with Crippen molar-refractivity contribution >= 4 is 15.9 Å². The molecule has 1 fully saturated rings. The number of ether oxygens (including phenoxy) is 1. The van der Waals surface area contributed by atoms with Crippen LogP contribution >= 0.6 is 15.9 Å². The van der Waals surface area contributed by atoms with Gasteiger partial charge in [0.1, 0.15) is 5.75 Å². The van der Waals surface area contributed by atoms with Gasteiger partial charge in [0.2, 0.25) is 0 Å². The molecule has 1 aliphatic rings. The lowest BCUT2D eigenvalue weighted by atomic mass is 9.90. The highest BCUT2D eigenvalue weighted by molar-refractivity contribution is 9.10. The Hall–Kier alpha value is -0.540. The number of hydrogen-bond donors (Lipinski definition) is 1. The van der Waals surface area contributed by atoms with E-state index >= 15 is 0 Å². The molecule has 0 spiro atoms. The van der Waals surface area contributed by atoms with Gasteiger partial charge in [-0.3, -0.25) is 0 Å². The van der Waals surface area contributed by atoms with Crippen LogP contribution in [0.3, 0.4) is 0 Å². The lowest BCUT2D eigenvalue weighted by molar-refractivity contribution is 0.400. The summed E-state index contributed by atoms with van der Waals surface area (Å²) in [5.41, 5.74) is 7.02. The molecule has 0 bridgehead atoms. The van der Waals surface area contributed by atoms with Crippen LogP contribution in [0.1, 0.15) is 30.7 Å². The highest BCUT2D eigenvalue weighted by atomic mass is 79.9. The van der Waals surface area contributed by atoms with Gasteiger partial charge in [-0.05, 0) is 61.4 Å². The highest BCUT2D eigenvalue weighted by Gasteiger charge is 2.33. The summed E-state index contributed by atoms with van der Waals surface area (Å²) >= 11 is 3.53. The Balaban J connectivity index is 2.30. The summed E-state index contributed by atoms with van der Waals surface area (Å²) in [5, 5.41) is 0. The molecule has 1 aliphatic carbocycles. The molecule has 0 aliphatic heterocycles. The predicted molar refractivity (Wildman–Crippen MR) is 69.8 cm³/mol. The quantitative estimate of drug-likeness (QED) is 0.900. The van der Waals surface area contributed by atoms with Crippen LogP contribution < -0.4 is 10.5 Å². The number of halogens is 1. The normalized spacial score (nSPS) is 17.2. The second-order valence-electron chi connectivity index (χ2n) is 4.41. The zero-order valence-electron chi connectivity index (χ0n) is 9.58. The maximum atomic E-state index is 5.71. The van der Waals surface area contributed by atoms with Crippen molar-refractivity contribution in [2.75, 3.05) is 13.7 Å². The topological polar surface area (TPSA) is 35.2 Å². The molecular weight excluding hydrogens is 266 g/mol. The largest absolute Gasteiger partial charge is 0.496 e. The average molecular weight is 284 g/mol. The van der Waals surface area contributed by atoms with E-state index < -0.39 is 0 Å². The molecule has 0 radical (unpaired) electrons. The van der Waals surface area contributed by atoms with Crippen LogP contribution in [0.25, 0.3) is 0 Å². The number of benzene rings is 1. The van der Waals surface area contributed by atoms with Gasteiger partial charge in [-0.1, -0.05) is 15.9 Å². The van der Waals surface area contributed by atoms with E-state index in [9.17, 15) is 0 Å². The predicted octanol–water partition coefficient (Wildman–Crippen LogP) is 3.30. The first-order valence-electron chi connectivity index (χ1n) is 5.79. The molecule has 1 saturated carbocycles. The molecule has 2 rings (SSSR count). The SMILES string of the molecule is COc1ccc(Br)cc1C(CCN)C1CC1. The molecule has 2 N–H and O–H groups in total. The van der Waals surface area contributed by atoms with Crippen LogP contribution in [0, 0.1) is 5.92 Å². The van der Waals surface area contributed by atoms with Crippen molar-refractivity contribution in [1.82, 2.24) is 0 Å². The van der Waals surface area contributed by atoms with E-state index in [-0.39, 0.29) is 0 Å². The van der Waals surface area contributed by atoms with Gasteiger partial charge in [0, 0.05) is 4.47 Å². The Morgan fingerprint density at radius 2 is 2.25 bits per heavy atom. The fourth-order valence-electron chi connectivity index (χ4n) is 2.32. The minimum atomic E-state index is 0.567. The minimum absolute atomic E-state index is 0.567. The Bertz CT molecular complexity index is 363. The summed E-state index contributed by atoms with van der Waals surface area (Å²) in [4.78, 5) is 0. The van der Waals surface area contributed by atoms with Crippen molar-refractivity contribution in [1.29, 1.82) is 0 Å². The lowest BCUT2D eigenvalue weighted by Gasteiger charge is -2.19. The molecule has 1 unspecified atom stereocenters. The van der Waals surface area contributed by atoms with Crippen molar-refractivity contribution in [3.63, 3.8) is 0 Å². The Morgan fingerprint density at radius 3 is 2.81 bits per heavy atom. The van der Waals surface area contributed by atoms with Gasteiger partial charge < -0.3 is 10.5 Å². The first kappa shape index (κ1) is 11.9. The van der Waals surface area contributed by atoms with Crippen LogP contribution in [-0.4, -0.2) is 13.7 Å². The van der Waals surface area contributed by atoms with Gasteiger partial charge in [-0.2, -0.15) is 0 Å². The monoisotopic (exact) mass is 283 g/mol. The van der Waals surface area contributed by atoms with Gasteiger partial charge in [0.15, 0.2) is 0 Å². The molecule has 0 aromatic heterocycles. The molecule has 3 heteroatoms. The summed E-state index contributed by atoms with van der Waals surface area (Å²) in [7, 11) is 1.74. The molecule has 88 valence electrons. The molecule has 1 atom stereocenters. The third-order valence-corrected chi connectivity index (χ3v) is 3.75. The van der Waals surface area contributed by atoms with Crippen molar-refractivity contribution in [3.8, 4) is 5.75 Å². The summed E-state index contributed by atoms with van der Waals surface area (Å²) in [5.74, 6) is 2.37. The maximum absolute atomic E-state index is 5.71. The number of methoxy groups -OCH3 is 1. The smallest absolute Gasteiger partial charge is 0.122 e. The average Bonchev–Trinajstić information content (AvgIpc) is 3.10. The van der Waals surface area contributed by atoms with E-state index in [2.05, 4.69) is 22.0 Å². The van der Waals surface area contributed by atoms with Gasteiger partial charge in [0.05, 0.1) is 7.11 Å². The summed E-state index contributed by atoms with van der Waals surface area (Å²) < 4.78 is 6.56. The third kappa shape index (κ3) is 2.58. The van der Waals surface area contributed by atoms with Crippen molar-refractivity contribution < 1.29 is 4.74 Å². The van der Waals surface area contributed by atoms with Crippen molar-refractivity contribution in [2.24, 2.45) is 11.7 Å². The van der Waals surface area contributed by atoms with Crippen LogP contribution in [0.5, 0.6) is 5.75 Å². The maximum Gasteiger partial charge on any atom is 0.122 e. The van der Waals surface area contributed by atoms with Gasteiger partial charge >= 0.3 is 0 Å². The molecule has 0 heterocycles. The second kappa shape index (κ2) is 5.19. The van der Waals surface area contributed by atoms with E-state index in [1.807, 2.05) is 12.1 Å². The summed E-state index contributed by atoms with van der Waals surface area (Å²) in [6.07, 6.45) is 3.72. The standard InChI is InChI=1S/C13H18BrNO/c1-16-13-5-4-10(14)8-12(13)11(6-7-15)9-2-3-9/h4-5,8-9,11H,2-3,6-7,15H2,1H3. The summed E-state index contributed by atoms with van der Waals surface area (Å²) in [6.45, 7) is 0.747. The Labute approximate surface area is 105 Å². The number of nitrogens with two attached hydrogens (primary N) is 1. The Morgan fingerprint density at radius 1 is 1.50 bits per heavy atom. The molecule has 0 amide bonds. The minimum Gasteiger partial charge on any atom is -0.496 e. The van der Waals surface area contributed by atoms with Crippen LogP contribution in [-0.2, 0) is 0 Å². The second-order valence-corrected chi connectivity index (χ2v) is 5.32. The van der Waals surface area contributed by atoms with Crippen LogP contribution in [0.4, 0.5) is 0 Å². The molecule has 1 aromatic rings. The zero-order chi connectivity index (χ0) is 11.5. The van der Waals surface area contributed by atoms with E-state index in [0.29, 0.717) is 5.92 Å². The van der Waals surface area contributed by atoms with E-state index in [1.165, 1.54) is 18.4 Å². The Kier molecular flexibility index (Phi) is 3.87. The molecule has 0 saturated heterocycles. The third-order valence-electron chi connectivity index (χ3n) is 3.26. The number of rotatable bonds is 5. The fraction of sp³-hybridized carbons (Fsp3) is 0.538. The van der Waals surface area contributed by atoms with Gasteiger partial charge in [0.25, 0.3) is 0 Å². The van der Waals surface area contributed by atoms with E-state index in [1.54, 1.807) is 7.11 Å². The molecule has 2 nitrogen and oxygen atoms in total. The first-order chi connectivity index (χ1) is 7.76. The van der Waals surface area contributed by atoms with Crippen LogP contribution in [0.15, 0.2) is 22.7 Å². The van der Waals surface area contributed by atoms with Crippen molar-refractivity contribution in [2.45, 2.75) is 25.2 Å². The van der Waals surface area contributed by atoms with Crippen molar-refractivity contribution in [3.05, 3.63) is 28.2 Å². The fourth-order valence-corrected chi connectivity index (χ4v) is 2.70. The molecule has 16 heavy (non-hydrogen) atoms. The van der Waals surface area contributed by atoms with Gasteiger partial charge in [-0.25, -0.2) is 0 Å². The lowest BCUT2D eigenvalue weighted by Crippen LogP contribution is -2.10. The van der Waals surface area contributed by atoms with Gasteiger partial charge in [-0.15, -0.1) is 0 Å². The van der Waals surface area contributed by atoms with E-state index in [0.717, 1.165) is 29.1 Å². The molecule has 1 aromatic carbocycles. The van der Waals surface area contributed by atoms with Crippen LogP contribution in [0.2, 0.25) is 0 Å². The molecular formula is C13H18BrNO.